The van der Waals surface area contributed by atoms with E-state index in [0.29, 0.717) is 24.4 Å². The van der Waals surface area contributed by atoms with E-state index in [1.807, 2.05) is 32.0 Å². The maximum atomic E-state index is 12.9. The van der Waals surface area contributed by atoms with E-state index in [9.17, 15) is 9.59 Å². The van der Waals surface area contributed by atoms with Crippen molar-refractivity contribution in [3.8, 4) is 5.75 Å². The van der Waals surface area contributed by atoms with Gasteiger partial charge in [-0.05, 0) is 62.2 Å². The lowest BCUT2D eigenvalue weighted by atomic mass is 10.1. The highest BCUT2D eigenvalue weighted by Gasteiger charge is 2.35. The molecule has 1 fully saturated rings. The van der Waals surface area contributed by atoms with Crippen molar-refractivity contribution in [2.45, 2.75) is 26.8 Å². The molecule has 0 aromatic heterocycles. The SMILES string of the molecule is COc1cccc(C(=O)N2CCN(c3ccc(C)c(C)c3)C(=O)C2C)c1. The molecular formula is C21H24N2O3. The molecule has 1 atom stereocenters. The molecule has 1 saturated heterocycles. The number of benzene rings is 2. The zero-order chi connectivity index (χ0) is 18.8. The smallest absolute Gasteiger partial charge is 0.254 e. The fraction of sp³-hybridized carbons (Fsp3) is 0.333. The summed E-state index contributed by atoms with van der Waals surface area (Å²) >= 11 is 0. The van der Waals surface area contributed by atoms with Crippen LogP contribution >= 0.6 is 0 Å². The summed E-state index contributed by atoms with van der Waals surface area (Å²) in [4.78, 5) is 29.2. The Morgan fingerprint density at radius 2 is 1.85 bits per heavy atom. The number of aryl methyl sites for hydroxylation is 2. The van der Waals surface area contributed by atoms with Crippen molar-refractivity contribution in [2.75, 3.05) is 25.1 Å². The second-order valence-electron chi connectivity index (χ2n) is 6.66. The van der Waals surface area contributed by atoms with E-state index in [1.165, 1.54) is 5.56 Å². The third-order valence-corrected chi connectivity index (χ3v) is 5.04. The Morgan fingerprint density at radius 3 is 2.54 bits per heavy atom. The number of anilines is 1. The van der Waals surface area contributed by atoms with Crippen molar-refractivity contribution >= 4 is 17.5 Å². The molecule has 0 spiro atoms. The van der Waals surface area contributed by atoms with E-state index in [0.717, 1.165) is 11.3 Å². The molecule has 0 bridgehead atoms. The molecule has 5 heteroatoms. The zero-order valence-electron chi connectivity index (χ0n) is 15.7. The molecule has 1 unspecified atom stereocenters. The van der Waals surface area contributed by atoms with Gasteiger partial charge in [-0.1, -0.05) is 12.1 Å². The highest BCUT2D eigenvalue weighted by Crippen LogP contribution is 2.24. The molecule has 0 aliphatic carbocycles. The van der Waals surface area contributed by atoms with Crippen LogP contribution in [-0.4, -0.2) is 43.0 Å². The number of amides is 2. The summed E-state index contributed by atoms with van der Waals surface area (Å²) in [7, 11) is 1.57. The van der Waals surface area contributed by atoms with Gasteiger partial charge in [0.05, 0.1) is 7.11 Å². The molecule has 0 radical (unpaired) electrons. The molecule has 1 aliphatic heterocycles. The Bertz CT molecular complexity index is 847. The van der Waals surface area contributed by atoms with E-state index in [4.69, 9.17) is 4.74 Å². The van der Waals surface area contributed by atoms with Crippen LogP contribution in [0.2, 0.25) is 0 Å². The Kier molecular flexibility index (Phi) is 4.98. The highest BCUT2D eigenvalue weighted by atomic mass is 16.5. The number of carbonyl (C=O) groups excluding carboxylic acids is 2. The van der Waals surface area contributed by atoms with Gasteiger partial charge in [0.25, 0.3) is 5.91 Å². The van der Waals surface area contributed by atoms with Crippen molar-refractivity contribution in [1.29, 1.82) is 0 Å². The van der Waals surface area contributed by atoms with Crippen LogP contribution in [0.3, 0.4) is 0 Å². The predicted molar refractivity (Wildman–Crippen MR) is 102 cm³/mol. The standard InChI is InChI=1S/C21H24N2O3/c1-14-8-9-18(12-15(14)2)23-11-10-22(16(3)20(23)24)21(25)17-6-5-7-19(13-17)26-4/h5-9,12-13,16H,10-11H2,1-4H3. The van der Waals surface area contributed by atoms with Crippen LogP contribution in [0.4, 0.5) is 5.69 Å². The van der Waals surface area contributed by atoms with Crippen LogP contribution in [0.5, 0.6) is 5.75 Å². The van der Waals surface area contributed by atoms with Crippen molar-refractivity contribution in [2.24, 2.45) is 0 Å². The number of piperazine rings is 1. The minimum absolute atomic E-state index is 0.0595. The minimum Gasteiger partial charge on any atom is -0.497 e. The van der Waals surface area contributed by atoms with Gasteiger partial charge in [0.1, 0.15) is 11.8 Å². The highest BCUT2D eigenvalue weighted by molar-refractivity contribution is 6.03. The van der Waals surface area contributed by atoms with E-state index < -0.39 is 6.04 Å². The quantitative estimate of drug-likeness (QED) is 0.852. The summed E-state index contributed by atoms with van der Waals surface area (Å²) in [6, 6.07) is 12.5. The molecule has 2 aromatic carbocycles. The first-order chi connectivity index (χ1) is 12.4. The average Bonchev–Trinajstić information content (AvgIpc) is 2.66. The first-order valence-corrected chi connectivity index (χ1v) is 8.76. The maximum absolute atomic E-state index is 12.9. The van der Waals surface area contributed by atoms with Gasteiger partial charge in [0, 0.05) is 24.3 Å². The van der Waals surface area contributed by atoms with Gasteiger partial charge in [0.2, 0.25) is 5.91 Å². The summed E-state index contributed by atoms with van der Waals surface area (Å²) < 4.78 is 5.19. The van der Waals surface area contributed by atoms with Gasteiger partial charge >= 0.3 is 0 Å². The van der Waals surface area contributed by atoms with Crippen LogP contribution in [0.15, 0.2) is 42.5 Å². The lowest BCUT2D eigenvalue weighted by Crippen LogP contribution is -2.57. The minimum atomic E-state index is -0.510. The van der Waals surface area contributed by atoms with Gasteiger partial charge < -0.3 is 14.5 Å². The van der Waals surface area contributed by atoms with Gasteiger partial charge in [0.15, 0.2) is 0 Å². The molecule has 1 heterocycles. The maximum Gasteiger partial charge on any atom is 0.254 e. The molecular weight excluding hydrogens is 328 g/mol. The monoisotopic (exact) mass is 352 g/mol. The second kappa shape index (κ2) is 7.20. The molecule has 5 nitrogen and oxygen atoms in total. The van der Waals surface area contributed by atoms with Crippen molar-refractivity contribution in [3.63, 3.8) is 0 Å². The number of carbonyl (C=O) groups is 2. The Hall–Kier alpha value is -2.82. The molecule has 1 aliphatic rings. The number of rotatable bonds is 3. The largest absolute Gasteiger partial charge is 0.497 e. The normalized spacial score (nSPS) is 17.4. The van der Waals surface area contributed by atoms with Crippen LogP contribution in [0.25, 0.3) is 0 Å². The average molecular weight is 352 g/mol. The fourth-order valence-electron chi connectivity index (χ4n) is 3.22. The molecule has 136 valence electrons. The Morgan fingerprint density at radius 1 is 1.08 bits per heavy atom. The van der Waals surface area contributed by atoms with Gasteiger partial charge in [-0.25, -0.2) is 0 Å². The zero-order valence-corrected chi connectivity index (χ0v) is 15.7. The van der Waals surface area contributed by atoms with E-state index >= 15 is 0 Å². The number of methoxy groups -OCH3 is 1. The van der Waals surface area contributed by atoms with Crippen molar-refractivity contribution in [3.05, 3.63) is 59.2 Å². The first-order valence-electron chi connectivity index (χ1n) is 8.76. The summed E-state index contributed by atoms with van der Waals surface area (Å²) in [5.41, 5.74) is 3.76. The molecule has 26 heavy (non-hydrogen) atoms. The summed E-state index contributed by atoms with van der Waals surface area (Å²) in [5.74, 6) is 0.420. The third kappa shape index (κ3) is 3.29. The fourth-order valence-corrected chi connectivity index (χ4v) is 3.22. The van der Waals surface area contributed by atoms with Crippen molar-refractivity contribution in [1.82, 2.24) is 4.90 Å². The molecule has 3 rings (SSSR count). The lowest BCUT2D eigenvalue weighted by Gasteiger charge is -2.39. The van der Waals surface area contributed by atoms with Gasteiger partial charge in [-0.15, -0.1) is 0 Å². The van der Waals surface area contributed by atoms with Crippen LogP contribution < -0.4 is 9.64 Å². The second-order valence-corrected chi connectivity index (χ2v) is 6.66. The number of ether oxygens (including phenoxy) is 1. The Balaban J connectivity index is 1.80. The van der Waals surface area contributed by atoms with Gasteiger partial charge in [-0.2, -0.15) is 0 Å². The summed E-state index contributed by atoms with van der Waals surface area (Å²) in [5, 5.41) is 0. The van der Waals surface area contributed by atoms with Crippen molar-refractivity contribution < 1.29 is 14.3 Å². The lowest BCUT2D eigenvalue weighted by molar-refractivity contribution is -0.124. The first kappa shape index (κ1) is 18.0. The van der Waals surface area contributed by atoms with E-state index in [2.05, 4.69) is 0 Å². The van der Waals surface area contributed by atoms with Crippen LogP contribution in [-0.2, 0) is 4.79 Å². The van der Waals surface area contributed by atoms with Crippen LogP contribution in [0.1, 0.15) is 28.4 Å². The van der Waals surface area contributed by atoms with Gasteiger partial charge in [-0.3, -0.25) is 9.59 Å². The van der Waals surface area contributed by atoms with Crippen LogP contribution in [0, 0.1) is 13.8 Å². The Labute approximate surface area is 154 Å². The number of hydrogen-bond donors (Lipinski definition) is 0. The number of nitrogens with zero attached hydrogens (tertiary/aromatic N) is 2. The molecule has 2 amide bonds. The topological polar surface area (TPSA) is 49.9 Å². The molecule has 2 aromatic rings. The van der Waals surface area contributed by atoms with E-state index in [-0.39, 0.29) is 11.8 Å². The van der Waals surface area contributed by atoms with E-state index in [1.54, 1.807) is 48.1 Å². The molecule has 0 saturated carbocycles. The predicted octanol–water partition coefficient (Wildman–Crippen LogP) is 3.19. The third-order valence-electron chi connectivity index (χ3n) is 5.04. The number of hydrogen-bond acceptors (Lipinski definition) is 3. The summed E-state index contributed by atoms with van der Waals surface area (Å²) in [6.45, 7) is 6.86. The molecule has 0 N–H and O–H groups in total. The summed E-state index contributed by atoms with van der Waals surface area (Å²) in [6.07, 6.45) is 0.